The Morgan fingerprint density at radius 2 is 2.00 bits per heavy atom. The number of nitrogens with zero attached hydrogens (tertiary/aromatic N) is 2. The van der Waals surface area contributed by atoms with E-state index in [1.807, 2.05) is 6.07 Å². The van der Waals surface area contributed by atoms with Crippen LogP contribution in [0, 0.1) is 0 Å². The molecule has 0 unspecified atom stereocenters. The number of hydrogen-bond acceptors (Lipinski definition) is 3. The molecule has 0 radical (unpaired) electrons. The number of aryl methyl sites for hydroxylation is 1. The molecule has 0 spiro atoms. The van der Waals surface area contributed by atoms with Crippen LogP contribution in [-0.4, -0.2) is 16.5 Å². The molecule has 1 aromatic rings. The molecule has 0 aromatic carbocycles. The zero-order valence-corrected chi connectivity index (χ0v) is 10.8. The van der Waals surface area contributed by atoms with Crippen LogP contribution in [0.1, 0.15) is 45.2 Å². The third-order valence-electron chi connectivity index (χ3n) is 2.45. The zero-order chi connectivity index (χ0) is 11.8. The van der Waals surface area contributed by atoms with E-state index < -0.39 is 0 Å². The molecule has 1 heterocycles. The standard InChI is InChI=1S/C12H20ClN3/c1-3-5-6-7-8-14-11-9-10(4-2)15-12(13)16-11/h9H,3-8H2,1-2H3,(H,14,15,16). The summed E-state index contributed by atoms with van der Waals surface area (Å²) in [6.45, 7) is 5.23. The summed E-state index contributed by atoms with van der Waals surface area (Å²) in [5.41, 5.74) is 0.982. The molecule has 1 rings (SSSR count). The largest absolute Gasteiger partial charge is 0.370 e. The van der Waals surface area contributed by atoms with E-state index >= 15 is 0 Å². The van der Waals surface area contributed by atoms with Crippen LogP contribution in [-0.2, 0) is 6.42 Å². The molecule has 16 heavy (non-hydrogen) atoms. The maximum absolute atomic E-state index is 5.83. The summed E-state index contributed by atoms with van der Waals surface area (Å²) >= 11 is 5.83. The minimum atomic E-state index is 0.329. The van der Waals surface area contributed by atoms with Crippen LogP contribution >= 0.6 is 11.6 Å². The van der Waals surface area contributed by atoms with Gasteiger partial charge in [0.2, 0.25) is 5.28 Å². The SMILES string of the molecule is CCCCCCNc1cc(CC)nc(Cl)n1. The molecule has 0 atom stereocenters. The molecule has 3 nitrogen and oxygen atoms in total. The molecule has 90 valence electrons. The fourth-order valence-corrected chi connectivity index (χ4v) is 1.70. The molecule has 0 aliphatic heterocycles. The van der Waals surface area contributed by atoms with E-state index in [2.05, 4.69) is 29.1 Å². The summed E-state index contributed by atoms with van der Waals surface area (Å²) in [7, 11) is 0. The first-order valence-electron chi connectivity index (χ1n) is 6.03. The second-order valence-electron chi connectivity index (χ2n) is 3.85. The van der Waals surface area contributed by atoms with Gasteiger partial charge in [-0.25, -0.2) is 9.97 Å². The number of unbranched alkanes of at least 4 members (excludes halogenated alkanes) is 3. The fraction of sp³-hybridized carbons (Fsp3) is 0.667. The Bertz CT molecular complexity index is 315. The lowest BCUT2D eigenvalue weighted by Crippen LogP contribution is -2.05. The summed E-state index contributed by atoms with van der Waals surface area (Å²) in [4.78, 5) is 8.27. The van der Waals surface area contributed by atoms with Crippen LogP contribution in [0.15, 0.2) is 6.07 Å². The number of rotatable bonds is 7. The predicted molar refractivity (Wildman–Crippen MR) is 69.1 cm³/mol. The van der Waals surface area contributed by atoms with Crippen LogP contribution in [0.25, 0.3) is 0 Å². The van der Waals surface area contributed by atoms with Crippen molar-refractivity contribution < 1.29 is 0 Å². The van der Waals surface area contributed by atoms with Crippen molar-refractivity contribution in [2.75, 3.05) is 11.9 Å². The van der Waals surface area contributed by atoms with Crippen molar-refractivity contribution >= 4 is 17.4 Å². The van der Waals surface area contributed by atoms with Gasteiger partial charge in [0.1, 0.15) is 5.82 Å². The lowest BCUT2D eigenvalue weighted by atomic mass is 10.2. The average molecular weight is 242 g/mol. The molecule has 0 amide bonds. The van der Waals surface area contributed by atoms with Crippen LogP contribution < -0.4 is 5.32 Å². The summed E-state index contributed by atoms with van der Waals surface area (Å²) < 4.78 is 0. The van der Waals surface area contributed by atoms with E-state index in [1.54, 1.807) is 0 Å². The second kappa shape index (κ2) is 7.44. The van der Waals surface area contributed by atoms with Gasteiger partial charge in [0.25, 0.3) is 0 Å². The highest BCUT2D eigenvalue weighted by molar-refractivity contribution is 6.28. The molecular formula is C12H20ClN3. The highest BCUT2D eigenvalue weighted by Crippen LogP contribution is 2.11. The van der Waals surface area contributed by atoms with Gasteiger partial charge in [-0.05, 0) is 24.4 Å². The van der Waals surface area contributed by atoms with E-state index in [9.17, 15) is 0 Å². The van der Waals surface area contributed by atoms with Gasteiger partial charge >= 0.3 is 0 Å². The monoisotopic (exact) mass is 241 g/mol. The average Bonchev–Trinajstić information content (AvgIpc) is 2.28. The molecule has 0 saturated carbocycles. The minimum absolute atomic E-state index is 0.329. The molecule has 0 fully saturated rings. The molecule has 0 bridgehead atoms. The first-order valence-corrected chi connectivity index (χ1v) is 6.41. The molecule has 1 N–H and O–H groups in total. The van der Waals surface area contributed by atoms with Crippen LogP contribution in [0.2, 0.25) is 5.28 Å². The molecular weight excluding hydrogens is 222 g/mol. The summed E-state index contributed by atoms with van der Waals surface area (Å²) in [5, 5.41) is 3.61. The van der Waals surface area contributed by atoms with Crippen molar-refractivity contribution in [3.8, 4) is 0 Å². The molecule has 4 heteroatoms. The third kappa shape index (κ3) is 4.79. The molecule has 0 aliphatic carbocycles. The number of halogens is 1. The lowest BCUT2D eigenvalue weighted by Gasteiger charge is -2.06. The Labute approximate surface area is 103 Å². The highest BCUT2D eigenvalue weighted by atomic mass is 35.5. The minimum Gasteiger partial charge on any atom is -0.370 e. The normalized spacial score (nSPS) is 10.4. The van der Waals surface area contributed by atoms with Gasteiger partial charge in [0, 0.05) is 18.3 Å². The van der Waals surface area contributed by atoms with Gasteiger partial charge < -0.3 is 5.32 Å². The summed E-state index contributed by atoms with van der Waals surface area (Å²) in [5.74, 6) is 0.841. The molecule has 0 aliphatic rings. The first kappa shape index (κ1) is 13.2. The molecule has 1 aromatic heterocycles. The Hall–Kier alpha value is -0.830. The Balaban J connectivity index is 2.38. The number of aromatic nitrogens is 2. The molecule has 0 saturated heterocycles. The van der Waals surface area contributed by atoms with Gasteiger partial charge in [-0.1, -0.05) is 33.1 Å². The number of hydrogen-bond donors (Lipinski definition) is 1. The number of nitrogens with one attached hydrogen (secondary N) is 1. The van der Waals surface area contributed by atoms with Crippen LogP contribution in [0.5, 0.6) is 0 Å². The van der Waals surface area contributed by atoms with Gasteiger partial charge in [0.15, 0.2) is 0 Å². The Morgan fingerprint density at radius 1 is 1.19 bits per heavy atom. The van der Waals surface area contributed by atoms with Crippen molar-refractivity contribution in [2.24, 2.45) is 0 Å². The lowest BCUT2D eigenvalue weighted by molar-refractivity contribution is 0.684. The van der Waals surface area contributed by atoms with E-state index in [0.717, 1.165) is 24.5 Å². The fourth-order valence-electron chi connectivity index (χ4n) is 1.51. The Morgan fingerprint density at radius 3 is 2.69 bits per heavy atom. The number of anilines is 1. The third-order valence-corrected chi connectivity index (χ3v) is 2.62. The van der Waals surface area contributed by atoms with E-state index in [0.29, 0.717) is 5.28 Å². The van der Waals surface area contributed by atoms with Crippen molar-refractivity contribution in [1.29, 1.82) is 0 Å². The van der Waals surface area contributed by atoms with Crippen molar-refractivity contribution in [3.05, 3.63) is 17.0 Å². The summed E-state index contributed by atoms with van der Waals surface area (Å²) in [6.07, 6.45) is 5.89. The second-order valence-corrected chi connectivity index (χ2v) is 4.19. The predicted octanol–water partition coefficient (Wildman–Crippen LogP) is 3.68. The maximum Gasteiger partial charge on any atom is 0.224 e. The Kier molecular flexibility index (Phi) is 6.16. The zero-order valence-electron chi connectivity index (χ0n) is 10.1. The van der Waals surface area contributed by atoms with Gasteiger partial charge in [-0.15, -0.1) is 0 Å². The van der Waals surface area contributed by atoms with Crippen molar-refractivity contribution in [3.63, 3.8) is 0 Å². The van der Waals surface area contributed by atoms with Crippen LogP contribution in [0.3, 0.4) is 0 Å². The topological polar surface area (TPSA) is 37.8 Å². The van der Waals surface area contributed by atoms with E-state index in [1.165, 1.54) is 25.7 Å². The van der Waals surface area contributed by atoms with Crippen molar-refractivity contribution in [2.45, 2.75) is 46.0 Å². The van der Waals surface area contributed by atoms with Gasteiger partial charge in [0.05, 0.1) is 0 Å². The maximum atomic E-state index is 5.83. The van der Waals surface area contributed by atoms with E-state index in [4.69, 9.17) is 11.6 Å². The first-order chi connectivity index (χ1) is 7.76. The van der Waals surface area contributed by atoms with Gasteiger partial charge in [-0.3, -0.25) is 0 Å². The van der Waals surface area contributed by atoms with Crippen molar-refractivity contribution in [1.82, 2.24) is 9.97 Å². The van der Waals surface area contributed by atoms with Gasteiger partial charge in [-0.2, -0.15) is 0 Å². The highest BCUT2D eigenvalue weighted by Gasteiger charge is 2.00. The quantitative estimate of drug-likeness (QED) is 0.585. The smallest absolute Gasteiger partial charge is 0.224 e. The summed E-state index contributed by atoms with van der Waals surface area (Å²) in [6, 6.07) is 1.96. The van der Waals surface area contributed by atoms with E-state index in [-0.39, 0.29) is 0 Å². The van der Waals surface area contributed by atoms with Crippen LogP contribution in [0.4, 0.5) is 5.82 Å².